The van der Waals surface area contributed by atoms with Crippen molar-refractivity contribution in [2.45, 2.75) is 57.7 Å². The first kappa shape index (κ1) is 18.1. The fourth-order valence-corrected chi connectivity index (χ4v) is 2.55. The number of rotatable bonds is 9. The van der Waals surface area contributed by atoms with Gasteiger partial charge in [-0.3, -0.25) is 4.79 Å². The van der Waals surface area contributed by atoms with Gasteiger partial charge in [-0.25, -0.2) is 0 Å². The molecule has 0 radical (unpaired) electrons. The number of hydrogen-bond donors (Lipinski definition) is 1. The molecule has 1 N–H and O–H groups in total. The average Bonchev–Trinajstić information content (AvgIpc) is 2.83. The van der Waals surface area contributed by atoms with Crippen molar-refractivity contribution in [2.75, 3.05) is 13.2 Å². The second kappa shape index (κ2) is 8.55. The predicted octanol–water partition coefficient (Wildman–Crippen LogP) is 2.46. The smallest absolute Gasteiger partial charge is 0.163 e. The Bertz CT molecular complexity index is 485. The zero-order chi connectivity index (χ0) is 16.7. The number of aliphatic hydroxyl groups excluding tert-OH is 1. The SMILES string of the molecule is CC1(C)OC[C@H](CC(=O)C[C@H](O)CCOCc2ccccc2)O1. The minimum atomic E-state index is -0.673. The number of Topliss-reactive ketones (excluding diaryl/α,β-unsaturated/α-hetero) is 1. The first-order valence-corrected chi connectivity index (χ1v) is 8.08. The highest BCUT2D eigenvalue weighted by molar-refractivity contribution is 5.79. The van der Waals surface area contributed by atoms with E-state index in [-0.39, 0.29) is 24.7 Å². The predicted molar refractivity (Wildman–Crippen MR) is 85.9 cm³/mol. The summed E-state index contributed by atoms with van der Waals surface area (Å²) in [7, 11) is 0. The summed E-state index contributed by atoms with van der Waals surface area (Å²) < 4.78 is 16.5. The van der Waals surface area contributed by atoms with Crippen molar-refractivity contribution >= 4 is 5.78 Å². The molecule has 0 amide bonds. The number of ketones is 1. The summed E-state index contributed by atoms with van der Waals surface area (Å²) in [6.07, 6.45) is -0.0143. The standard InChI is InChI=1S/C18H26O5/c1-18(2)22-13-17(23-18)11-16(20)10-15(19)8-9-21-12-14-6-4-3-5-7-14/h3-7,15,17,19H,8-13H2,1-2H3/t15-,17+/m1/s1. The molecule has 128 valence electrons. The van der Waals surface area contributed by atoms with Gasteiger partial charge in [-0.1, -0.05) is 30.3 Å². The highest BCUT2D eigenvalue weighted by Gasteiger charge is 2.33. The van der Waals surface area contributed by atoms with Crippen molar-refractivity contribution in [1.29, 1.82) is 0 Å². The summed E-state index contributed by atoms with van der Waals surface area (Å²) in [4.78, 5) is 11.9. The van der Waals surface area contributed by atoms with Crippen LogP contribution in [0.5, 0.6) is 0 Å². The Hall–Kier alpha value is -1.27. The van der Waals surface area contributed by atoms with Gasteiger partial charge in [0.2, 0.25) is 0 Å². The number of ether oxygens (including phenoxy) is 3. The largest absolute Gasteiger partial charge is 0.393 e. The van der Waals surface area contributed by atoms with Crippen LogP contribution in [0.25, 0.3) is 0 Å². The zero-order valence-corrected chi connectivity index (χ0v) is 13.9. The topological polar surface area (TPSA) is 65.0 Å². The Kier molecular flexibility index (Phi) is 6.72. The van der Waals surface area contributed by atoms with E-state index in [4.69, 9.17) is 14.2 Å². The minimum Gasteiger partial charge on any atom is -0.393 e. The van der Waals surface area contributed by atoms with Crippen molar-refractivity contribution in [3.63, 3.8) is 0 Å². The van der Waals surface area contributed by atoms with Crippen LogP contribution in [-0.4, -0.2) is 42.1 Å². The van der Waals surface area contributed by atoms with Crippen LogP contribution < -0.4 is 0 Å². The molecule has 1 aliphatic heterocycles. The third kappa shape index (κ3) is 6.79. The van der Waals surface area contributed by atoms with Gasteiger partial charge in [0.15, 0.2) is 5.79 Å². The van der Waals surface area contributed by atoms with Crippen LogP contribution in [-0.2, 0) is 25.6 Å². The Labute approximate surface area is 137 Å². The molecule has 1 fully saturated rings. The second-order valence-electron chi connectivity index (χ2n) is 6.38. The van der Waals surface area contributed by atoms with Gasteiger partial charge in [0.1, 0.15) is 5.78 Å². The van der Waals surface area contributed by atoms with E-state index in [1.54, 1.807) is 0 Å². The van der Waals surface area contributed by atoms with Crippen LogP contribution in [0.1, 0.15) is 38.7 Å². The maximum atomic E-state index is 11.9. The van der Waals surface area contributed by atoms with E-state index in [0.29, 0.717) is 26.2 Å². The number of hydrogen-bond acceptors (Lipinski definition) is 5. The number of benzene rings is 1. The van der Waals surface area contributed by atoms with Gasteiger partial charge < -0.3 is 19.3 Å². The van der Waals surface area contributed by atoms with Crippen LogP contribution in [0.15, 0.2) is 30.3 Å². The molecule has 1 aromatic carbocycles. The van der Waals surface area contributed by atoms with Gasteiger partial charge in [-0.05, 0) is 25.8 Å². The molecular formula is C18H26O5. The van der Waals surface area contributed by atoms with Crippen molar-refractivity contribution in [2.24, 2.45) is 0 Å². The highest BCUT2D eigenvalue weighted by atomic mass is 16.7. The fraction of sp³-hybridized carbons (Fsp3) is 0.611. The van der Waals surface area contributed by atoms with Gasteiger partial charge >= 0.3 is 0 Å². The monoisotopic (exact) mass is 322 g/mol. The first-order chi connectivity index (χ1) is 10.9. The summed E-state index contributed by atoms with van der Waals surface area (Å²) in [5.41, 5.74) is 1.10. The quantitative estimate of drug-likeness (QED) is 0.708. The zero-order valence-electron chi connectivity index (χ0n) is 13.9. The Morgan fingerprint density at radius 2 is 2.13 bits per heavy atom. The molecule has 5 heteroatoms. The lowest BCUT2D eigenvalue weighted by Crippen LogP contribution is -2.24. The van der Waals surface area contributed by atoms with Gasteiger partial charge in [0, 0.05) is 19.4 Å². The van der Waals surface area contributed by atoms with E-state index in [1.165, 1.54) is 0 Å². The molecule has 2 rings (SSSR count). The second-order valence-corrected chi connectivity index (χ2v) is 6.38. The highest BCUT2D eigenvalue weighted by Crippen LogP contribution is 2.24. The molecule has 1 aliphatic rings. The van der Waals surface area contributed by atoms with E-state index in [0.717, 1.165) is 5.56 Å². The molecule has 1 aromatic rings. The third-order valence-corrected chi connectivity index (χ3v) is 3.69. The van der Waals surface area contributed by atoms with Crippen LogP contribution in [0, 0.1) is 0 Å². The van der Waals surface area contributed by atoms with Crippen LogP contribution in [0.3, 0.4) is 0 Å². The lowest BCUT2D eigenvalue weighted by atomic mass is 10.1. The molecular weight excluding hydrogens is 296 g/mol. The van der Waals surface area contributed by atoms with Crippen molar-refractivity contribution in [3.05, 3.63) is 35.9 Å². The van der Waals surface area contributed by atoms with E-state index < -0.39 is 11.9 Å². The number of aliphatic hydroxyl groups is 1. The molecule has 0 aromatic heterocycles. The van der Waals surface area contributed by atoms with E-state index in [9.17, 15) is 9.90 Å². The molecule has 2 atom stereocenters. The lowest BCUT2D eigenvalue weighted by molar-refractivity contribution is -0.142. The molecule has 5 nitrogen and oxygen atoms in total. The van der Waals surface area contributed by atoms with Crippen LogP contribution in [0.2, 0.25) is 0 Å². The fourth-order valence-electron chi connectivity index (χ4n) is 2.55. The Morgan fingerprint density at radius 3 is 2.78 bits per heavy atom. The molecule has 23 heavy (non-hydrogen) atoms. The molecule has 0 unspecified atom stereocenters. The molecule has 0 bridgehead atoms. The van der Waals surface area contributed by atoms with Crippen LogP contribution >= 0.6 is 0 Å². The number of carbonyl (C=O) groups is 1. The van der Waals surface area contributed by atoms with E-state index >= 15 is 0 Å². The summed E-state index contributed by atoms with van der Waals surface area (Å²) in [5, 5.41) is 9.92. The Balaban J connectivity index is 1.57. The van der Waals surface area contributed by atoms with Crippen molar-refractivity contribution in [1.82, 2.24) is 0 Å². The molecule has 0 aliphatic carbocycles. The van der Waals surface area contributed by atoms with E-state index in [1.807, 2.05) is 44.2 Å². The summed E-state index contributed by atoms with van der Waals surface area (Å²) in [5.74, 6) is -0.624. The maximum Gasteiger partial charge on any atom is 0.163 e. The van der Waals surface area contributed by atoms with Crippen molar-refractivity contribution in [3.8, 4) is 0 Å². The summed E-state index contributed by atoms with van der Waals surface area (Å²) >= 11 is 0. The molecule has 0 saturated carbocycles. The first-order valence-electron chi connectivity index (χ1n) is 8.08. The average molecular weight is 322 g/mol. The minimum absolute atomic E-state index is 0.00754. The number of carbonyl (C=O) groups excluding carboxylic acids is 1. The van der Waals surface area contributed by atoms with Gasteiger partial charge in [-0.2, -0.15) is 0 Å². The molecule has 0 spiro atoms. The van der Waals surface area contributed by atoms with Gasteiger partial charge in [-0.15, -0.1) is 0 Å². The molecule has 1 saturated heterocycles. The van der Waals surface area contributed by atoms with E-state index in [2.05, 4.69) is 0 Å². The lowest BCUT2D eigenvalue weighted by Gasteiger charge is -2.17. The molecule has 1 heterocycles. The summed E-state index contributed by atoms with van der Waals surface area (Å²) in [6.45, 7) is 5.03. The normalized spacial score (nSPS) is 21.3. The third-order valence-electron chi connectivity index (χ3n) is 3.69. The Morgan fingerprint density at radius 1 is 1.39 bits per heavy atom. The van der Waals surface area contributed by atoms with Gasteiger partial charge in [0.05, 0.1) is 25.4 Å². The maximum absolute atomic E-state index is 11.9. The van der Waals surface area contributed by atoms with Gasteiger partial charge in [0.25, 0.3) is 0 Å². The summed E-state index contributed by atoms with van der Waals surface area (Å²) in [6, 6.07) is 9.86. The van der Waals surface area contributed by atoms with Crippen LogP contribution in [0.4, 0.5) is 0 Å². The van der Waals surface area contributed by atoms with Crippen molar-refractivity contribution < 1.29 is 24.1 Å².